The third kappa shape index (κ3) is 21.6. The van der Waals surface area contributed by atoms with E-state index in [2.05, 4.69) is 19.9 Å². The lowest BCUT2D eigenvalue weighted by atomic mass is 10.2. The molecule has 6 aromatic rings. The fourth-order valence-electron chi connectivity index (χ4n) is 8.55. The molecule has 8 amide bonds. The lowest BCUT2D eigenvalue weighted by Gasteiger charge is -2.31. The van der Waals surface area contributed by atoms with Crippen LogP contribution in [0.25, 0.3) is 0 Å². The number of ether oxygens (including phenoxy) is 12. The average molecular weight is 1510 g/mol. The summed E-state index contributed by atoms with van der Waals surface area (Å²) in [6, 6.07) is 11.7. The number of carbonyl (C=O) groups is 6. The number of nitro benzene ring substituents is 1. The molecule has 0 unspecified atom stereocenters. The smallest absolute Gasteiger partial charge is 0.423 e. The second-order valence-electron chi connectivity index (χ2n) is 25.2. The van der Waals surface area contributed by atoms with Crippen LogP contribution in [-0.2, 0) is 28.4 Å². The van der Waals surface area contributed by atoms with Gasteiger partial charge in [-0.05, 0) is 107 Å². The number of methoxy groups -OCH3 is 6. The number of hydrogen-bond acceptors (Lipinski definition) is 25. The Morgan fingerprint density at radius 2 is 0.765 bits per heavy atom. The van der Waals surface area contributed by atoms with Crippen LogP contribution in [0.5, 0.6) is 34.5 Å². The first kappa shape index (κ1) is 82.8. The number of nitrogen functional groups attached to an aromatic ring is 1. The summed E-state index contributed by atoms with van der Waals surface area (Å²) in [7, 11) is 10.9. The van der Waals surface area contributed by atoms with Crippen LogP contribution in [0.2, 0.25) is 20.1 Å². The first-order chi connectivity index (χ1) is 47.6. The number of anilines is 9. The number of urea groups is 2. The number of halogens is 4. The number of nitrogens with zero attached hydrogens (tertiary/aromatic N) is 11. The molecule has 0 saturated carbocycles. The number of aromatic nitrogens is 4. The van der Waals surface area contributed by atoms with Crippen molar-refractivity contribution in [3.8, 4) is 34.5 Å². The first-order valence-corrected chi connectivity index (χ1v) is 32.0. The van der Waals surface area contributed by atoms with Gasteiger partial charge in [-0.1, -0.05) is 46.4 Å². The van der Waals surface area contributed by atoms with E-state index in [0.29, 0.717) is 22.2 Å². The number of rotatable bonds is 21. The lowest BCUT2D eigenvalue weighted by molar-refractivity contribution is -0.384. The van der Waals surface area contributed by atoms with Crippen LogP contribution in [-0.4, -0.2) is 167 Å². The SMILES string of the molecule is COCCOc1ccc(N(C(=O)OC(C)(C)C)c2cc(N(C)C(=O)N(C(=O)OC(C)(C)C)c3c(Cl)c(OC)cc(OC)c3Cl)ncn2)c(N)c1.COCCOc1ccc(N(C(=O)OC(C)(C)C)c2cc(N(C)C(=O)N(C(=O)OC(C)(C)C)c3c(Cl)c(OC)cc(OC)c3Cl)ncn2)c([N+](=O)[O-])c1. The Hall–Kier alpha value is -9.86. The Bertz CT molecular complexity index is 3980. The number of hydrogen-bond donors (Lipinski definition) is 1. The summed E-state index contributed by atoms with van der Waals surface area (Å²) in [4.78, 5) is 117. The molecule has 2 aromatic heterocycles. The summed E-state index contributed by atoms with van der Waals surface area (Å²) in [6.45, 7) is 20.5. The van der Waals surface area contributed by atoms with Crippen molar-refractivity contribution in [2.75, 3.05) is 118 Å². The molecule has 36 heteroatoms. The van der Waals surface area contributed by atoms with Gasteiger partial charge in [0.2, 0.25) is 0 Å². The van der Waals surface area contributed by atoms with E-state index in [9.17, 15) is 38.9 Å². The van der Waals surface area contributed by atoms with Gasteiger partial charge in [0, 0.05) is 58.6 Å². The van der Waals surface area contributed by atoms with E-state index in [4.69, 9.17) is 109 Å². The zero-order valence-electron chi connectivity index (χ0n) is 59.9. The first-order valence-electron chi connectivity index (χ1n) is 30.5. The maximum absolute atomic E-state index is 14.3. The summed E-state index contributed by atoms with van der Waals surface area (Å²) in [5.74, 6) is 0.267. The van der Waals surface area contributed by atoms with Crippen LogP contribution < -0.4 is 63.6 Å². The van der Waals surface area contributed by atoms with E-state index in [1.54, 1.807) is 102 Å². The van der Waals surface area contributed by atoms with E-state index < -0.39 is 69.5 Å². The number of amides is 8. The van der Waals surface area contributed by atoms with E-state index in [1.807, 2.05) is 0 Å². The molecule has 6 rings (SSSR count). The molecular weight excluding hydrogens is 1420 g/mol. The number of nitrogens with two attached hydrogens (primary N) is 1. The summed E-state index contributed by atoms with van der Waals surface area (Å²) in [5, 5.41) is 11.5. The van der Waals surface area contributed by atoms with Crippen LogP contribution >= 0.6 is 46.4 Å². The standard InChI is InChI=1S/C33H40Cl2N6O11.C33H42Cl2N6O9/c1-32(2,3)51-30(43)39(20-12-11-19(50-14-13-47-8)15-21(20)41(45)46)25-17-24(36-18-37-25)38(7)29(42)40(31(44)52-33(4,5)6)28-26(34)22(48-9)16-23(49-10)27(28)35;1-32(2,3)49-30(43)40(21-12-11-19(15-20(21)36)48-14-13-45-8)25-17-24(37-18-38-25)39(7)29(42)41(31(44)50-33(4,5)6)28-26(34)22(46-9)16-23(47-10)27(28)35/h11-12,15-18H,13-14H2,1-10H3;11-12,15-18H,13-14,36H2,1-10H3. The Morgan fingerprint density at radius 1 is 0.451 bits per heavy atom. The van der Waals surface area contributed by atoms with Gasteiger partial charge in [-0.25, -0.2) is 58.5 Å². The van der Waals surface area contributed by atoms with E-state index in [0.717, 1.165) is 38.3 Å². The van der Waals surface area contributed by atoms with Crippen LogP contribution in [0.4, 0.5) is 86.2 Å². The Kier molecular flexibility index (Phi) is 28.5. The van der Waals surface area contributed by atoms with Crippen molar-refractivity contribution in [1.82, 2.24) is 19.9 Å². The lowest BCUT2D eigenvalue weighted by Crippen LogP contribution is -2.48. The quantitative estimate of drug-likeness (QED) is 0.0230. The highest BCUT2D eigenvalue weighted by Gasteiger charge is 2.41. The molecule has 102 heavy (non-hydrogen) atoms. The molecular formula is C66H82Cl4N12O20. The molecule has 4 aromatic carbocycles. The van der Waals surface area contributed by atoms with E-state index >= 15 is 0 Å². The van der Waals surface area contributed by atoms with Crippen LogP contribution in [0, 0.1) is 10.1 Å². The van der Waals surface area contributed by atoms with Crippen molar-refractivity contribution in [1.29, 1.82) is 0 Å². The van der Waals surface area contributed by atoms with Gasteiger partial charge in [0.25, 0.3) is 5.69 Å². The highest BCUT2D eigenvalue weighted by Crippen LogP contribution is 2.49. The molecule has 0 saturated heterocycles. The van der Waals surface area contributed by atoms with Crippen molar-refractivity contribution in [2.45, 2.75) is 105 Å². The highest BCUT2D eigenvalue weighted by molar-refractivity contribution is 6.44. The van der Waals surface area contributed by atoms with Gasteiger partial charge in [-0.15, -0.1) is 0 Å². The van der Waals surface area contributed by atoms with E-state index in [-0.39, 0.29) is 120 Å². The van der Waals surface area contributed by atoms with Gasteiger partial charge >= 0.3 is 36.4 Å². The molecule has 0 aliphatic carbocycles. The Morgan fingerprint density at radius 3 is 1.08 bits per heavy atom. The molecule has 0 radical (unpaired) electrons. The number of imide groups is 2. The molecule has 2 N–H and O–H groups in total. The van der Waals surface area contributed by atoms with Gasteiger partial charge in [-0.3, -0.25) is 19.9 Å². The molecule has 554 valence electrons. The maximum atomic E-state index is 14.3. The predicted molar refractivity (Wildman–Crippen MR) is 384 cm³/mol. The van der Waals surface area contributed by atoms with Gasteiger partial charge in [-0.2, -0.15) is 9.80 Å². The number of benzene rings is 4. The van der Waals surface area contributed by atoms with Crippen LogP contribution in [0.15, 0.2) is 73.3 Å². The summed E-state index contributed by atoms with van der Waals surface area (Å²) < 4.78 is 65.0. The van der Waals surface area contributed by atoms with Crippen molar-refractivity contribution < 1.29 is 90.5 Å². The fraction of sp³-hybridized carbons (Fsp3) is 0.424. The predicted octanol–water partition coefficient (Wildman–Crippen LogP) is 15.3. The third-order valence-electron chi connectivity index (χ3n) is 13.0. The zero-order chi connectivity index (χ0) is 76.7. The Labute approximate surface area is 609 Å². The number of nitro groups is 1. The molecule has 0 atom stereocenters. The van der Waals surface area contributed by atoms with Crippen molar-refractivity contribution in [2.24, 2.45) is 0 Å². The largest absolute Gasteiger partial charge is 0.495 e. The minimum Gasteiger partial charge on any atom is -0.495 e. The third-order valence-corrected chi connectivity index (χ3v) is 14.4. The fourth-order valence-corrected chi connectivity index (χ4v) is 9.89. The van der Waals surface area contributed by atoms with Crippen LogP contribution in [0.1, 0.15) is 83.1 Å². The van der Waals surface area contributed by atoms with Gasteiger partial charge in [0.05, 0.1) is 64.0 Å². The monoisotopic (exact) mass is 1500 g/mol. The van der Waals surface area contributed by atoms with Gasteiger partial charge < -0.3 is 62.6 Å². The topological polar surface area (TPSA) is 353 Å². The Balaban J connectivity index is 0.000000367. The minimum atomic E-state index is -1.17. The second kappa shape index (κ2) is 35.2. The molecule has 0 spiro atoms. The van der Waals surface area contributed by atoms with Gasteiger partial charge in [0.1, 0.15) is 143 Å². The molecule has 0 bridgehead atoms. The maximum Gasteiger partial charge on any atom is 0.423 e. The summed E-state index contributed by atoms with van der Waals surface area (Å²) in [6.07, 6.45) is -2.02. The zero-order valence-corrected chi connectivity index (χ0v) is 63.0. The average Bonchev–Trinajstić information content (AvgIpc) is 0.779. The second-order valence-corrected chi connectivity index (χ2v) is 26.8. The summed E-state index contributed by atoms with van der Waals surface area (Å²) in [5.41, 5.74) is 1.35. The van der Waals surface area contributed by atoms with Gasteiger partial charge in [0.15, 0.2) is 0 Å². The van der Waals surface area contributed by atoms with E-state index in [1.165, 1.54) is 92.1 Å². The van der Waals surface area contributed by atoms with Crippen molar-refractivity contribution >= 4 is 140 Å². The highest BCUT2D eigenvalue weighted by atomic mass is 35.5. The molecule has 0 aliphatic rings. The summed E-state index contributed by atoms with van der Waals surface area (Å²) >= 11 is 26.5. The molecule has 32 nitrogen and oxygen atoms in total. The minimum absolute atomic E-state index is 0.0217. The van der Waals surface area contributed by atoms with Crippen LogP contribution in [0.3, 0.4) is 0 Å². The molecule has 0 aliphatic heterocycles. The molecule has 0 fully saturated rings. The molecule has 2 heterocycles. The number of carbonyl (C=O) groups excluding carboxylic acids is 6. The normalized spacial score (nSPS) is 11.3. The van der Waals surface area contributed by atoms with Crippen molar-refractivity contribution in [3.63, 3.8) is 0 Å². The van der Waals surface area contributed by atoms with Crippen molar-refractivity contribution in [3.05, 3.63) is 104 Å².